The molecular formula is C29H40O4S. The van der Waals surface area contributed by atoms with Crippen molar-refractivity contribution in [1.29, 1.82) is 0 Å². The zero-order valence-corrected chi connectivity index (χ0v) is 21.9. The summed E-state index contributed by atoms with van der Waals surface area (Å²) in [5.74, 6) is 1.79. The second-order valence-corrected chi connectivity index (χ2v) is 13.7. The molecule has 0 saturated heterocycles. The summed E-state index contributed by atoms with van der Waals surface area (Å²) in [6.45, 7) is 9.24. The number of aryl methyl sites for hydroxylation is 1. The van der Waals surface area contributed by atoms with Gasteiger partial charge in [-0.15, -0.1) is 0 Å². The van der Waals surface area contributed by atoms with Crippen LogP contribution >= 0.6 is 0 Å². The molecule has 186 valence electrons. The van der Waals surface area contributed by atoms with E-state index < -0.39 is 10.1 Å². The van der Waals surface area contributed by atoms with Crippen LogP contribution < -0.4 is 0 Å². The average molecular weight is 485 g/mol. The lowest BCUT2D eigenvalue weighted by atomic mass is 9.50. The highest BCUT2D eigenvalue weighted by molar-refractivity contribution is 7.86. The molecule has 3 fully saturated rings. The van der Waals surface area contributed by atoms with Crippen LogP contribution in [0.25, 0.3) is 0 Å². The number of benzene rings is 1. The Kier molecular flexibility index (Phi) is 6.14. The molecular weight excluding hydrogens is 444 g/mol. The number of aliphatic hydroxyl groups is 1. The minimum Gasteiger partial charge on any atom is -0.393 e. The normalized spacial score (nSPS) is 38.3. The van der Waals surface area contributed by atoms with E-state index in [1.54, 1.807) is 17.7 Å². The minimum atomic E-state index is -3.74. The maximum atomic E-state index is 12.8. The second kappa shape index (κ2) is 8.60. The third kappa shape index (κ3) is 3.92. The van der Waals surface area contributed by atoms with Crippen molar-refractivity contribution in [2.75, 3.05) is 6.61 Å². The maximum absolute atomic E-state index is 12.8. The molecule has 7 atom stereocenters. The topological polar surface area (TPSA) is 63.6 Å². The molecule has 1 aromatic carbocycles. The van der Waals surface area contributed by atoms with Gasteiger partial charge in [0.2, 0.25) is 0 Å². The lowest BCUT2D eigenvalue weighted by Crippen LogP contribution is -2.46. The van der Waals surface area contributed by atoms with Gasteiger partial charge in [0, 0.05) is 0 Å². The van der Waals surface area contributed by atoms with Crippen LogP contribution in [0.1, 0.15) is 71.3 Å². The molecule has 1 N–H and O–H groups in total. The van der Waals surface area contributed by atoms with Gasteiger partial charge in [0.15, 0.2) is 0 Å². The van der Waals surface area contributed by atoms with E-state index in [-0.39, 0.29) is 34.4 Å². The predicted octanol–water partition coefficient (Wildman–Crippen LogP) is 6.20. The monoisotopic (exact) mass is 484 g/mol. The molecule has 0 bridgehead atoms. The first-order valence-corrected chi connectivity index (χ1v) is 14.5. The molecule has 5 rings (SSSR count). The van der Waals surface area contributed by atoms with Crippen molar-refractivity contribution in [3.63, 3.8) is 0 Å². The van der Waals surface area contributed by atoms with Crippen LogP contribution in [0.3, 0.4) is 0 Å². The number of hydrogen-bond acceptors (Lipinski definition) is 4. The Balaban J connectivity index is 1.32. The van der Waals surface area contributed by atoms with E-state index in [9.17, 15) is 13.5 Å². The quantitative estimate of drug-likeness (QED) is 0.506. The molecule has 4 nitrogen and oxygen atoms in total. The van der Waals surface area contributed by atoms with Crippen LogP contribution in [0.15, 0.2) is 52.5 Å². The Bertz CT molecular complexity index is 1100. The van der Waals surface area contributed by atoms with E-state index in [1.807, 2.05) is 19.1 Å². The Morgan fingerprint density at radius 2 is 1.76 bits per heavy atom. The standard InChI is InChI=1S/C29H40O4S/c1-19-5-8-23(9-6-19)34(31,32)33-18-20(2)25-11-12-26-24-10-7-21-17-22(30)13-15-28(21,3)27(24)14-16-29(25,26)4/h5-10,20,22,25-27,30H,11-18H2,1-4H3/t20-,22+,25-,26?,27?,28-,29-/m1/s1. The lowest BCUT2D eigenvalue weighted by Gasteiger charge is -2.55. The second-order valence-electron chi connectivity index (χ2n) is 12.0. The lowest BCUT2D eigenvalue weighted by molar-refractivity contribution is 0.0272. The van der Waals surface area contributed by atoms with Gasteiger partial charge in [-0.2, -0.15) is 8.42 Å². The summed E-state index contributed by atoms with van der Waals surface area (Å²) in [6.07, 6.45) is 12.0. The van der Waals surface area contributed by atoms with Crippen LogP contribution in [0.5, 0.6) is 0 Å². The van der Waals surface area contributed by atoms with Gasteiger partial charge >= 0.3 is 0 Å². The Hall–Kier alpha value is -1.43. The van der Waals surface area contributed by atoms with Gasteiger partial charge in [0.05, 0.1) is 17.6 Å². The molecule has 1 aromatic rings. The number of aliphatic hydroxyl groups excluding tert-OH is 1. The molecule has 0 spiro atoms. The minimum absolute atomic E-state index is 0.183. The maximum Gasteiger partial charge on any atom is 0.296 e. The van der Waals surface area contributed by atoms with Crippen molar-refractivity contribution in [2.24, 2.45) is 34.5 Å². The largest absolute Gasteiger partial charge is 0.393 e. The fourth-order valence-electron chi connectivity index (χ4n) is 8.04. The van der Waals surface area contributed by atoms with E-state index in [4.69, 9.17) is 4.18 Å². The molecule has 5 heteroatoms. The molecule has 4 aliphatic carbocycles. The Morgan fingerprint density at radius 1 is 1.03 bits per heavy atom. The summed E-state index contributed by atoms with van der Waals surface area (Å²) in [5, 5.41) is 10.2. The van der Waals surface area contributed by atoms with Gasteiger partial charge in [-0.3, -0.25) is 4.18 Å². The zero-order valence-electron chi connectivity index (χ0n) is 21.1. The molecule has 0 heterocycles. The van der Waals surface area contributed by atoms with Crippen LogP contribution in [-0.2, 0) is 14.3 Å². The number of allylic oxidation sites excluding steroid dienone is 3. The van der Waals surface area contributed by atoms with Crippen molar-refractivity contribution < 1.29 is 17.7 Å². The van der Waals surface area contributed by atoms with Gasteiger partial charge in [0.1, 0.15) is 0 Å². The molecule has 3 saturated carbocycles. The zero-order chi connectivity index (χ0) is 24.3. The van der Waals surface area contributed by atoms with E-state index >= 15 is 0 Å². The highest BCUT2D eigenvalue weighted by atomic mass is 32.2. The fourth-order valence-corrected chi connectivity index (χ4v) is 9.04. The van der Waals surface area contributed by atoms with Crippen molar-refractivity contribution in [2.45, 2.75) is 83.6 Å². The first kappa shape index (κ1) is 24.3. The van der Waals surface area contributed by atoms with Crippen molar-refractivity contribution in [3.05, 3.63) is 53.1 Å². The average Bonchev–Trinajstić information content (AvgIpc) is 3.15. The smallest absolute Gasteiger partial charge is 0.296 e. The third-order valence-electron chi connectivity index (χ3n) is 10.1. The number of rotatable bonds is 5. The van der Waals surface area contributed by atoms with Crippen molar-refractivity contribution in [3.8, 4) is 0 Å². The Morgan fingerprint density at radius 3 is 2.50 bits per heavy atom. The number of hydrogen-bond donors (Lipinski definition) is 1. The SMILES string of the molecule is Cc1ccc(S(=O)(=O)OC[C@@H](C)[C@H]2CCC3C4=CC=C5C[C@@H](O)CC[C@@]5(C)C4CC[C@@]32C)cc1. The van der Waals surface area contributed by atoms with Crippen LogP contribution in [0.4, 0.5) is 0 Å². The summed E-state index contributed by atoms with van der Waals surface area (Å²) >= 11 is 0. The summed E-state index contributed by atoms with van der Waals surface area (Å²) < 4.78 is 31.1. The first-order valence-electron chi connectivity index (χ1n) is 13.1. The van der Waals surface area contributed by atoms with Gasteiger partial charge in [-0.25, -0.2) is 0 Å². The fraction of sp³-hybridized carbons (Fsp3) is 0.655. The van der Waals surface area contributed by atoms with Crippen LogP contribution in [0, 0.1) is 41.4 Å². The Labute approximate surface area is 205 Å². The van der Waals surface area contributed by atoms with Gasteiger partial charge < -0.3 is 5.11 Å². The van der Waals surface area contributed by atoms with Crippen LogP contribution in [0.2, 0.25) is 0 Å². The predicted molar refractivity (Wildman–Crippen MR) is 135 cm³/mol. The van der Waals surface area contributed by atoms with Crippen molar-refractivity contribution in [1.82, 2.24) is 0 Å². The summed E-state index contributed by atoms with van der Waals surface area (Å²) in [7, 11) is -3.74. The van der Waals surface area contributed by atoms with E-state index in [0.717, 1.165) is 31.2 Å². The van der Waals surface area contributed by atoms with Crippen LogP contribution in [-0.4, -0.2) is 26.2 Å². The molecule has 0 radical (unpaired) electrons. The molecule has 4 aliphatic rings. The third-order valence-corrected chi connectivity index (χ3v) is 11.4. The highest BCUT2D eigenvalue weighted by Gasteiger charge is 2.57. The first-order chi connectivity index (χ1) is 16.0. The van der Waals surface area contributed by atoms with E-state index in [1.165, 1.54) is 24.8 Å². The van der Waals surface area contributed by atoms with E-state index in [2.05, 4.69) is 32.9 Å². The summed E-state index contributed by atoms with van der Waals surface area (Å²) in [5.41, 5.74) is 4.49. The van der Waals surface area contributed by atoms with Gasteiger partial charge in [-0.1, -0.05) is 61.8 Å². The summed E-state index contributed by atoms with van der Waals surface area (Å²) in [6, 6.07) is 6.88. The van der Waals surface area contributed by atoms with Crippen molar-refractivity contribution >= 4 is 10.1 Å². The molecule has 34 heavy (non-hydrogen) atoms. The molecule has 0 amide bonds. The summed E-state index contributed by atoms with van der Waals surface area (Å²) in [4.78, 5) is 0.238. The van der Waals surface area contributed by atoms with Gasteiger partial charge in [-0.05, 0) is 98.5 Å². The number of fused-ring (bicyclic) bond motifs is 5. The molecule has 0 aromatic heterocycles. The molecule has 0 aliphatic heterocycles. The van der Waals surface area contributed by atoms with E-state index in [0.29, 0.717) is 17.8 Å². The molecule has 2 unspecified atom stereocenters. The highest BCUT2D eigenvalue weighted by Crippen LogP contribution is 2.65. The van der Waals surface area contributed by atoms with Gasteiger partial charge in [0.25, 0.3) is 10.1 Å².